The zero-order valence-corrected chi connectivity index (χ0v) is 24.2. The van der Waals surface area contributed by atoms with Crippen molar-refractivity contribution in [1.29, 1.82) is 0 Å². The number of benzene rings is 2. The Balaban J connectivity index is 1.22. The quantitative estimate of drug-likeness (QED) is 0.109. The number of esters is 1. The van der Waals surface area contributed by atoms with Gasteiger partial charge < -0.3 is 9.47 Å². The number of hydrogen-bond donors (Lipinski definition) is 0. The van der Waals surface area contributed by atoms with Crippen LogP contribution in [0.4, 0.5) is 10.5 Å². The van der Waals surface area contributed by atoms with Gasteiger partial charge in [-0.2, -0.15) is 0 Å². The van der Waals surface area contributed by atoms with Gasteiger partial charge in [0.2, 0.25) is 0 Å². The molecule has 40 heavy (non-hydrogen) atoms. The van der Waals surface area contributed by atoms with E-state index in [2.05, 4.69) is 15.9 Å². The largest absolute Gasteiger partial charge is 0.493 e. The van der Waals surface area contributed by atoms with E-state index in [9.17, 15) is 24.5 Å². The van der Waals surface area contributed by atoms with Gasteiger partial charge in [-0.1, -0.05) is 18.2 Å². The van der Waals surface area contributed by atoms with Crippen LogP contribution in [-0.4, -0.2) is 34.0 Å². The van der Waals surface area contributed by atoms with Gasteiger partial charge in [0.1, 0.15) is 0 Å². The fourth-order valence-electron chi connectivity index (χ4n) is 7.26. The van der Waals surface area contributed by atoms with Crippen LogP contribution in [0.15, 0.2) is 45.8 Å². The molecule has 0 unspecified atom stereocenters. The molecule has 7 rings (SSSR count). The first-order chi connectivity index (χ1) is 19.2. The number of para-hydroxylation sites is 1. The molecule has 208 valence electrons. The number of halogens is 1. The van der Waals surface area contributed by atoms with E-state index in [1.165, 1.54) is 44.6 Å². The van der Waals surface area contributed by atoms with Crippen LogP contribution in [0.2, 0.25) is 0 Å². The SMILES string of the molecule is COc1cc(/C=C2\SC(=O)N(Cc3ccccc3[N+](=O)[O-])C2=O)cc(Br)c1OC(=O)C12CC3CC(CC(C3)C1)C2. The van der Waals surface area contributed by atoms with E-state index in [-0.39, 0.29) is 28.7 Å². The van der Waals surface area contributed by atoms with E-state index in [4.69, 9.17) is 9.47 Å². The summed E-state index contributed by atoms with van der Waals surface area (Å²) in [6, 6.07) is 9.38. The van der Waals surface area contributed by atoms with Gasteiger partial charge in [-0.25, -0.2) is 0 Å². The van der Waals surface area contributed by atoms with Crippen molar-refractivity contribution in [2.75, 3.05) is 7.11 Å². The molecular formula is C29H27BrN2O7S. The highest BCUT2D eigenvalue weighted by molar-refractivity contribution is 9.10. The molecule has 0 spiro atoms. The highest BCUT2D eigenvalue weighted by Crippen LogP contribution is 2.60. The van der Waals surface area contributed by atoms with E-state index in [1.54, 1.807) is 24.3 Å². The number of methoxy groups -OCH3 is 1. The maximum atomic E-state index is 13.5. The van der Waals surface area contributed by atoms with E-state index in [1.807, 2.05) is 0 Å². The number of hydrogen-bond acceptors (Lipinski definition) is 8. The van der Waals surface area contributed by atoms with E-state index >= 15 is 0 Å². The monoisotopic (exact) mass is 626 g/mol. The minimum absolute atomic E-state index is 0.155. The lowest BCUT2D eigenvalue weighted by Gasteiger charge is -2.55. The van der Waals surface area contributed by atoms with Crippen LogP contribution < -0.4 is 9.47 Å². The van der Waals surface area contributed by atoms with Crippen molar-refractivity contribution < 1.29 is 28.8 Å². The number of nitrogens with zero attached hydrogens (tertiary/aromatic N) is 2. The first-order valence-electron chi connectivity index (χ1n) is 13.2. The van der Waals surface area contributed by atoms with Crippen molar-refractivity contribution >= 4 is 56.6 Å². The van der Waals surface area contributed by atoms with Crippen molar-refractivity contribution in [1.82, 2.24) is 4.90 Å². The zero-order valence-electron chi connectivity index (χ0n) is 21.8. The Morgan fingerprint density at radius 1 is 1.15 bits per heavy atom. The summed E-state index contributed by atoms with van der Waals surface area (Å²) in [5.41, 5.74) is 0.253. The summed E-state index contributed by atoms with van der Waals surface area (Å²) in [5.74, 6) is 1.71. The third-order valence-corrected chi connectivity index (χ3v) is 10.1. The molecule has 0 atom stereocenters. The normalized spacial score (nSPS) is 27.9. The molecule has 4 saturated carbocycles. The minimum atomic E-state index is -0.541. The molecule has 5 aliphatic rings. The maximum Gasteiger partial charge on any atom is 0.317 e. The summed E-state index contributed by atoms with van der Waals surface area (Å²) >= 11 is 4.28. The van der Waals surface area contributed by atoms with Crippen molar-refractivity contribution in [3.8, 4) is 11.5 Å². The van der Waals surface area contributed by atoms with Crippen LogP contribution in [0, 0.1) is 33.3 Å². The summed E-state index contributed by atoms with van der Waals surface area (Å²) in [7, 11) is 1.48. The van der Waals surface area contributed by atoms with Crippen molar-refractivity contribution in [3.63, 3.8) is 0 Å². The summed E-state index contributed by atoms with van der Waals surface area (Å²) in [6.07, 6.45) is 7.89. The molecule has 2 aromatic carbocycles. The molecule has 4 aliphatic carbocycles. The second-order valence-electron chi connectivity index (χ2n) is 11.3. The fraction of sp³-hybridized carbons (Fsp3) is 0.414. The van der Waals surface area contributed by atoms with Crippen molar-refractivity contribution in [3.05, 3.63) is 67.0 Å². The van der Waals surface area contributed by atoms with Crippen LogP contribution >= 0.6 is 27.7 Å². The first-order valence-corrected chi connectivity index (χ1v) is 14.8. The standard InChI is InChI=1S/C29H27BrN2O7S/c1-38-23-10-16(11-24-26(33)31(28(35)40-24)15-20-4-2-3-5-22(20)32(36)37)9-21(30)25(23)39-27(34)29-12-17-6-18(13-29)8-19(7-17)14-29/h2-5,9-11,17-19H,6-8,12-15H2,1H3/b24-11-. The van der Waals surface area contributed by atoms with Crippen molar-refractivity contribution in [2.45, 2.75) is 45.1 Å². The van der Waals surface area contributed by atoms with E-state index in [0.717, 1.165) is 35.9 Å². The highest BCUT2D eigenvalue weighted by Gasteiger charge is 2.55. The fourth-order valence-corrected chi connectivity index (χ4v) is 8.64. The van der Waals surface area contributed by atoms with Crippen LogP contribution in [0.5, 0.6) is 11.5 Å². The van der Waals surface area contributed by atoms with Crippen LogP contribution in [0.1, 0.15) is 49.7 Å². The Bertz CT molecular complexity index is 1440. The van der Waals surface area contributed by atoms with Gasteiger partial charge in [-0.3, -0.25) is 29.4 Å². The van der Waals surface area contributed by atoms with Gasteiger partial charge in [0.15, 0.2) is 11.5 Å². The average molecular weight is 628 g/mol. The maximum absolute atomic E-state index is 13.5. The first kappa shape index (κ1) is 27.0. The lowest BCUT2D eigenvalue weighted by Crippen LogP contribution is -2.51. The highest BCUT2D eigenvalue weighted by atomic mass is 79.9. The number of thioether (sulfide) groups is 1. The molecule has 11 heteroatoms. The van der Waals surface area contributed by atoms with Gasteiger partial charge in [0, 0.05) is 11.6 Å². The van der Waals surface area contributed by atoms with Gasteiger partial charge in [0.05, 0.1) is 33.4 Å². The summed E-state index contributed by atoms with van der Waals surface area (Å²) in [4.78, 5) is 51.3. The number of nitro groups is 1. The molecule has 4 bridgehead atoms. The third-order valence-electron chi connectivity index (χ3n) is 8.61. The molecule has 0 aromatic heterocycles. The molecule has 2 aromatic rings. The minimum Gasteiger partial charge on any atom is -0.493 e. The Morgan fingerprint density at radius 2 is 1.80 bits per heavy atom. The predicted molar refractivity (Wildman–Crippen MR) is 152 cm³/mol. The number of imide groups is 1. The molecule has 1 aliphatic heterocycles. The Kier molecular flexibility index (Phi) is 6.98. The van der Waals surface area contributed by atoms with Gasteiger partial charge in [-0.15, -0.1) is 0 Å². The number of carbonyl (C=O) groups is 3. The lowest BCUT2D eigenvalue weighted by atomic mass is 9.49. The molecule has 9 nitrogen and oxygen atoms in total. The van der Waals surface area contributed by atoms with Crippen molar-refractivity contribution in [2.24, 2.45) is 23.2 Å². The molecule has 2 amide bonds. The average Bonchev–Trinajstić information content (AvgIpc) is 3.16. The van der Waals surface area contributed by atoms with Crippen LogP contribution in [0.25, 0.3) is 6.08 Å². The summed E-state index contributed by atoms with van der Waals surface area (Å²) < 4.78 is 12.1. The smallest absolute Gasteiger partial charge is 0.317 e. The van der Waals surface area contributed by atoms with Crippen LogP contribution in [-0.2, 0) is 16.1 Å². The Morgan fingerprint density at radius 3 is 2.42 bits per heavy atom. The van der Waals surface area contributed by atoms with Gasteiger partial charge in [-0.05, 0) is 108 Å². The molecule has 0 N–H and O–H groups in total. The molecular weight excluding hydrogens is 600 g/mol. The molecule has 5 fully saturated rings. The van der Waals surface area contributed by atoms with E-state index < -0.39 is 21.5 Å². The second kappa shape index (κ2) is 10.3. The van der Waals surface area contributed by atoms with Crippen LogP contribution in [0.3, 0.4) is 0 Å². The second-order valence-corrected chi connectivity index (χ2v) is 13.1. The topological polar surface area (TPSA) is 116 Å². The molecule has 0 radical (unpaired) electrons. The number of carbonyl (C=O) groups excluding carboxylic acids is 3. The molecule has 1 saturated heterocycles. The summed E-state index contributed by atoms with van der Waals surface area (Å²) in [5, 5.41) is 10.8. The number of ether oxygens (including phenoxy) is 2. The zero-order chi connectivity index (χ0) is 28.2. The molecule has 1 heterocycles. The Labute approximate surface area is 243 Å². The predicted octanol–water partition coefficient (Wildman–Crippen LogP) is 6.72. The number of nitro benzene ring substituents is 1. The summed E-state index contributed by atoms with van der Waals surface area (Å²) in [6.45, 7) is -0.203. The van der Waals surface area contributed by atoms with E-state index in [0.29, 0.717) is 39.3 Å². The van der Waals surface area contributed by atoms with Gasteiger partial charge >= 0.3 is 5.97 Å². The Hall–Kier alpha value is -3.18. The third kappa shape index (κ3) is 4.83. The number of amides is 2. The lowest BCUT2D eigenvalue weighted by molar-refractivity contribution is -0.385. The van der Waals surface area contributed by atoms with Gasteiger partial charge in [0.25, 0.3) is 16.8 Å². The number of rotatable bonds is 7.